The van der Waals surface area contributed by atoms with Gasteiger partial charge in [-0.15, -0.1) is 0 Å². The standard InChI is InChI=1S/C9H16O2/c1-4-5-6-9(2,3)7-8(10)11/h5-6H,4,7H2,1-3H3,(H,10,11)/b6-5+. The zero-order valence-electron chi connectivity index (χ0n) is 7.42. The van der Waals surface area contributed by atoms with Gasteiger partial charge < -0.3 is 5.11 Å². The van der Waals surface area contributed by atoms with E-state index in [9.17, 15) is 4.79 Å². The van der Waals surface area contributed by atoms with Gasteiger partial charge in [0.05, 0.1) is 6.42 Å². The third kappa shape index (κ3) is 5.64. The Morgan fingerprint density at radius 1 is 1.55 bits per heavy atom. The van der Waals surface area contributed by atoms with Gasteiger partial charge in [-0.05, 0) is 11.8 Å². The van der Waals surface area contributed by atoms with Crippen molar-refractivity contribution in [2.45, 2.75) is 33.6 Å². The highest BCUT2D eigenvalue weighted by Gasteiger charge is 2.17. The third-order valence-corrected chi connectivity index (χ3v) is 1.41. The van der Waals surface area contributed by atoms with E-state index in [-0.39, 0.29) is 11.8 Å². The molecule has 0 aliphatic heterocycles. The fourth-order valence-electron chi connectivity index (χ4n) is 0.886. The molecule has 0 heterocycles. The first-order valence-electron chi connectivity index (χ1n) is 3.87. The van der Waals surface area contributed by atoms with Crippen LogP contribution < -0.4 is 0 Å². The molecule has 0 aliphatic carbocycles. The Morgan fingerprint density at radius 3 is 2.45 bits per heavy atom. The van der Waals surface area contributed by atoms with Crippen LogP contribution in [-0.4, -0.2) is 11.1 Å². The van der Waals surface area contributed by atoms with Crippen LogP contribution in [-0.2, 0) is 4.79 Å². The molecule has 0 saturated carbocycles. The summed E-state index contributed by atoms with van der Waals surface area (Å²) in [5.41, 5.74) is -0.207. The summed E-state index contributed by atoms with van der Waals surface area (Å²) in [5, 5.41) is 8.51. The highest BCUT2D eigenvalue weighted by atomic mass is 16.4. The molecule has 0 rings (SSSR count). The molecule has 0 aromatic rings. The van der Waals surface area contributed by atoms with Crippen molar-refractivity contribution < 1.29 is 9.90 Å². The maximum absolute atomic E-state index is 10.3. The van der Waals surface area contributed by atoms with Crippen molar-refractivity contribution in [2.75, 3.05) is 0 Å². The topological polar surface area (TPSA) is 37.3 Å². The number of aliphatic carboxylic acids is 1. The molecular weight excluding hydrogens is 140 g/mol. The van der Waals surface area contributed by atoms with E-state index >= 15 is 0 Å². The normalized spacial score (nSPS) is 12.3. The summed E-state index contributed by atoms with van der Waals surface area (Å²) in [6.07, 6.45) is 5.12. The molecule has 0 amide bonds. The summed E-state index contributed by atoms with van der Waals surface area (Å²) in [7, 11) is 0. The number of allylic oxidation sites excluding steroid dienone is 2. The smallest absolute Gasteiger partial charge is 0.304 e. The van der Waals surface area contributed by atoms with Crippen LogP contribution in [0.1, 0.15) is 33.6 Å². The van der Waals surface area contributed by atoms with Crippen molar-refractivity contribution in [3.05, 3.63) is 12.2 Å². The molecule has 0 spiro atoms. The lowest BCUT2D eigenvalue weighted by atomic mass is 9.89. The number of carbonyl (C=O) groups is 1. The first kappa shape index (κ1) is 10.2. The van der Waals surface area contributed by atoms with Crippen molar-refractivity contribution >= 4 is 5.97 Å². The second-order valence-corrected chi connectivity index (χ2v) is 3.37. The lowest BCUT2D eigenvalue weighted by Gasteiger charge is -2.16. The van der Waals surface area contributed by atoms with Crippen LogP contribution in [0.3, 0.4) is 0 Å². The quantitative estimate of drug-likeness (QED) is 0.635. The van der Waals surface area contributed by atoms with Gasteiger partial charge in [0.1, 0.15) is 0 Å². The van der Waals surface area contributed by atoms with Gasteiger partial charge in [0.25, 0.3) is 0 Å². The van der Waals surface area contributed by atoms with Crippen molar-refractivity contribution in [3.63, 3.8) is 0 Å². The van der Waals surface area contributed by atoms with E-state index in [1.54, 1.807) is 0 Å². The molecule has 0 unspecified atom stereocenters. The summed E-state index contributed by atoms with van der Waals surface area (Å²) in [5.74, 6) is -0.740. The second-order valence-electron chi connectivity index (χ2n) is 3.37. The number of carboxylic acids is 1. The Morgan fingerprint density at radius 2 is 2.09 bits per heavy atom. The highest BCUT2D eigenvalue weighted by Crippen LogP contribution is 2.21. The predicted octanol–water partition coefficient (Wildman–Crippen LogP) is 2.45. The van der Waals surface area contributed by atoms with E-state index in [0.29, 0.717) is 0 Å². The molecule has 0 aliphatic rings. The minimum absolute atomic E-state index is 0.198. The number of hydrogen-bond donors (Lipinski definition) is 1. The van der Waals surface area contributed by atoms with E-state index < -0.39 is 5.97 Å². The van der Waals surface area contributed by atoms with E-state index in [4.69, 9.17) is 5.11 Å². The molecule has 2 heteroatoms. The summed E-state index contributed by atoms with van der Waals surface area (Å²) < 4.78 is 0. The second kappa shape index (κ2) is 4.16. The van der Waals surface area contributed by atoms with Crippen molar-refractivity contribution in [3.8, 4) is 0 Å². The molecule has 0 aromatic heterocycles. The van der Waals surface area contributed by atoms with Gasteiger partial charge in [-0.1, -0.05) is 32.9 Å². The lowest BCUT2D eigenvalue weighted by molar-refractivity contribution is -0.138. The van der Waals surface area contributed by atoms with Crippen molar-refractivity contribution in [1.82, 2.24) is 0 Å². The minimum atomic E-state index is -0.740. The van der Waals surface area contributed by atoms with Gasteiger partial charge in [-0.3, -0.25) is 4.79 Å². The molecule has 0 bridgehead atoms. The van der Waals surface area contributed by atoms with Gasteiger partial charge in [0, 0.05) is 0 Å². The van der Waals surface area contributed by atoms with Crippen molar-refractivity contribution in [2.24, 2.45) is 5.41 Å². The molecule has 0 aromatic carbocycles. The van der Waals surface area contributed by atoms with E-state index in [2.05, 4.69) is 0 Å². The van der Waals surface area contributed by atoms with Gasteiger partial charge in [0.15, 0.2) is 0 Å². The van der Waals surface area contributed by atoms with Crippen LogP contribution in [0.2, 0.25) is 0 Å². The van der Waals surface area contributed by atoms with Crippen LogP contribution in [0.5, 0.6) is 0 Å². The molecule has 0 radical (unpaired) electrons. The van der Waals surface area contributed by atoms with Crippen LogP contribution in [0.15, 0.2) is 12.2 Å². The van der Waals surface area contributed by atoms with E-state index in [1.165, 1.54) is 0 Å². The zero-order valence-corrected chi connectivity index (χ0v) is 7.42. The molecule has 2 nitrogen and oxygen atoms in total. The maximum Gasteiger partial charge on any atom is 0.304 e. The first-order valence-corrected chi connectivity index (χ1v) is 3.87. The van der Waals surface area contributed by atoms with Gasteiger partial charge in [0.2, 0.25) is 0 Å². The average Bonchev–Trinajstić information content (AvgIpc) is 1.81. The summed E-state index contributed by atoms with van der Waals surface area (Å²) in [6.45, 7) is 5.88. The van der Waals surface area contributed by atoms with Gasteiger partial charge in [-0.2, -0.15) is 0 Å². The predicted molar refractivity (Wildman–Crippen MR) is 45.5 cm³/mol. The Labute approximate surface area is 67.9 Å². The summed E-state index contributed by atoms with van der Waals surface area (Å²) >= 11 is 0. The van der Waals surface area contributed by atoms with Crippen molar-refractivity contribution in [1.29, 1.82) is 0 Å². The number of carboxylic acid groups (broad SMARTS) is 1. The van der Waals surface area contributed by atoms with Crippen LogP contribution >= 0.6 is 0 Å². The largest absolute Gasteiger partial charge is 0.481 e. The molecule has 11 heavy (non-hydrogen) atoms. The SMILES string of the molecule is CC/C=C/C(C)(C)CC(=O)O. The summed E-state index contributed by atoms with van der Waals surface area (Å²) in [4.78, 5) is 10.3. The Balaban J connectivity index is 3.99. The average molecular weight is 156 g/mol. The maximum atomic E-state index is 10.3. The minimum Gasteiger partial charge on any atom is -0.481 e. The van der Waals surface area contributed by atoms with Crippen LogP contribution in [0, 0.1) is 5.41 Å². The Kier molecular flexibility index (Phi) is 3.86. The third-order valence-electron chi connectivity index (χ3n) is 1.41. The van der Waals surface area contributed by atoms with Crippen LogP contribution in [0.4, 0.5) is 0 Å². The highest BCUT2D eigenvalue weighted by molar-refractivity contribution is 5.67. The number of rotatable bonds is 4. The molecule has 1 N–H and O–H groups in total. The van der Waals surface area contributed by atoms with E-state index in [1.807, 2.05) is 32.9 Å². The first-order chi connectivity index (χ1) is 4.98. The monoisotopic (exact) mass is 156 g/mol. The fraction of sp³-hybridized carbons (Fsp3) is 0.667. The van der Waals surface area contributed by atoms with E-state index in [0.717, 1.165) is 6.42 Å². The van der Waals surface area contributed by atoms with Gasteiger partial charge >= 0.3 is 5.97 Å². The van der Waals surface area contributed by atoms with Crippen LogP contribution in [0.25, 0.3) is 0 Å². The lowest BCUT2D eigenvalue weighted by Crippen LogP contribution is -2.13. The molecule has 0 saturated heterocycles. The Bertz CT molecular complexity index is 157. The molecule has 0 fully saturated rings. The molecule has 64 valence electrons. The van der Waals surface area contributed by atoms with Gasteiger partial charge in [-0.25, -0.2) is 0 Å². The zero-order chi connectivity index (χ0) is 8.91. The fourth-order valence-corrected chi connectivity index (χ4v) is 0.886. The number of hydrogen-bond acceptors (Lipinski definition) is 1. The Hall–Kier alpha value is -0.790. The molecular formula is C9H16O2. The molecule has 0 atom stereocenters. The summed E-state index contributed by atoms with van der Waals surface area (Å²) in [6, 6.07) is 0.